The third kappa shape index (κ3) is 3.17. The minimum Gasteiger partial charge on any atom is -0.452 e. The molecule has 0 atom stereocenters. The van der Waals surface area contributed by atoms with Gasteiger partial charge in [-0.05, 0) is 25.0 Å². The summed E-state index contributed by atoms with van der Waals surface area (Å²) in [5.41, 5.74) is 2.62. The molecule has 1 aliphatic rings. The van der Waals surface area contributed by atoms with Crippen molar-refractivity contribution in [1.29, 1.82) is 0 Å². The second kappa shape index (κ2) is 6.88. The summed E-state index contributed by atoms with van der Waals surface area (Å²) in [7, 11) is 0. The molecule has 1 aromatic heterocycles. The van der Waals surface area contributed by atoms with Crippen molar-refractivity contribution in [3.63, 3.8) is 0 Å². The molecule has 0 unspecified atom stereocenters. The van der Waals surface area contributed by atoms with E-state index in [-0.39, 0.29) is 6.54 Å². The first-order chi connectivity index (χ1) is 12.0. The number of nitrogens with zero attached hydrogens (tertiary/aromatic N) is 2. The van der Waals surface area contributed by atoms with Crippen molar-refractivity contribution >= 4 is 28.8 Å². The summed E-state index contributed by atoms with van der Waals surface area (Å²) in [5.74, 6) is -1.13. The van der Waals surface area contributed by atoms with Crippen LogP contribution >= 0.6 is 0 Å². The third-order valence-electron chi connectivity index (χ3n) is 4.25. The quantitative estimate of drug-likeness (QED) is 0.857. The van der Waals surface area contributed by atoms with Crippen molar-refractivity contribution in [3.8, 4) is 0 Å². The molecule has 0 spiro atoms. The van der Waals surface area contributed by atoms with Gasteiger partial charge in [0.25, 0.3) is 5.91 Å². The Hall–Kier alpha value is -2.96. The maximum absolute atomic E-state index is 12.6. The number of aryl methyl sites for hydroxylation is 2. The molecule has 3 rings (SSSR count). The SMILES string of the molecule is CCc1nc2ccccc2c(C)c1C(=O)OCC(=O)N1CCNC1=O. The highest BCUT2D eigenvalue weighted by Crippen LogP contribution is 2.24. The number of esters is 1. The topological polar surface area (TPSA) is 88.6 Å². The van der Waals surface area contributed by atoms with Crippen molar-refractivity contribution in [1.82, 2.24) is 15.2 Å². The van der Waals surface area contributed by atoms with Gasteiger partial charge in [0.2, 0.25) is 0 Å². The van der Waals surface area contributed by atoms with E-state index >= 15 is 0 Å². The summed E-state index contributed by atoms with van der Waals surface area (Å²) in [6, 6.07) is 7.11. The van der Waals surface area contributed by atoms with Gasteiger partial charge in [-0.15, -0.1) is 0 Å². The lowest BCUT2D eigenvalue weighted by Gasteiger charge is -2.15. The molecule has 1 aromatic carbocycles. The molecule has 1 fully saturated rings. The van der Waals surface area contributed by atoms with Gasteiger partial charge in [-0.1, -0.05) is 25.1 Å². The molecule has 7 heteroatoms. The Kier molecular flexibility index (Phi) is 4.65. The van der Waals surface area contributed by atoms with Crippen LogP contribution in [0.25, 0.3) is 10.9 Å². The van der Waals surface area contributed by atoms with E-state index in [2.05, 4.69) is 10.3 Å². The molecule has 2 aromatic rings. The molecule has 1 aliphatic heterocycles. The number of aromatic nitrogens is 1. The molecular weight excluding hydrogens is 322 g/mol. The van der Waals surface area contributed by atoms with Gasteiger partial charge < -0.3 is 10.1 Å². The number of carbonyl (C=O) groups excluding carboxylic acids is 3. The number of fused-ring (bicyclic) bond motifs is 1. The molecule has 0 bridgehead atoms. The van der Waals surface area contributed by atoms with E-state index in [1.165, 1.54) is 0 Å². The minimum absolute atomic E-state index is 0.284. The van der Waals surface area contributed by atoms with Gasteiger partial charge in [-0.25, -0.2) is 9.59 Å². The number of amides is 3. The number of hydrogen-bond acceptors (Lipinski definition) is 5. The summed E-state index contributed by atoms with van der Waals surface area (Å²) in [6.45, 7) is 3.97. The number of rotatable bonds is 4. The van der Waals surface area contributed by atoms with Crippen LogP contribution in [0, 0.1) is 6.92 Å². The second-order valence-corrected chi connectivity index (χ2v) is 5.78. The lowest BCUT2D eigenvalue weighted by atomic mass is 10.0. The number of urea groups is 1. The minimum atomic E-state index is -0.597. The van der Waals surface area contributed by atoms with Gasteiger partial charge in [0.15, 0.2) is 6.61 Å². The Morgan fingerprint density at radius 2 is 2.08 bits per heavy atom. The van der Waals surface area contributed by atoms with Crippen LogP contribution in [0.4, 0.5) is 4.79 Å². The summed E-state index contributed by atoms with van der Waals surface area (Å²) in [4.78, 5) is 41.6. The van der Waals surface area contributed by atoms with Gasteiger partial charge in [0, 0.05) is 18.5 Å². The van der Waals surface area contributed by atoms with Crippen LogP contribution in [0.2, 0.25) is 0 Å². The number of carbonyl (C=O) groups is 3. The molecule has 25 heavy (non-hydrogen) atoms. The molecule has 0 radical (unpaired) electrons. The van der Waals surface area contributed by atoms with Crippen molar-refractivity contribution in [3.05, 3.63) is 41.1 Å². The van der Waals surface area contributed by atoms with E-state index < -0.39 is 24.5 Å². The van der Waals surface area contributed by atoms with Crippen LogP contribution in [-0.4, -0.2) is 47.5 Å². The standard InChI is InChI=1S/C18H19N3O4/c1-3-13-16(11(2)12-6-4-5-7-14(12)20-13)17(23)25-10-15(22)21-9-8-19-18(21)24/h4-7H,3,8-10H2,1-2H3,(H,19,24). The van der Waals surface area contributed by atoms with Crippen LogP contribution in [-0.2, 0) is 16.0 Å². The number of pyridine rings is 1. The Bertz CT molecular complexity index is 863. The monoisotopic (exact) mass is 341 g/mol. The van der Waals surface area contributed by atoms with Crippen LogP contribution in [0.3, 0.4) is 0 Å². The summed E-state index contributed by atoms with van der Waals surface area (Å²) in [6.07, 6.45) is 0.568. The van der Waals surface area contributed by atoms with Crippen molar-refractivity contribution < 1.29 is 19.1 Å². The van der Waals surface area contributed by atoms with Crippen molar-refractivity contribution in [2.75, 3.05) is 19.7 Å². The molecule has 0 aliphatic carbocycles. The average molecular weight is 341 g/mol. The van der Waals surface area contributed by atoms with E-state index in [9.17, 15) is 14.4 Å². The fourth-order valence-electron chi connectivity index (χ4n) is 2.95. The molecule has 1 saturated heterocycles. The van der Waals surface area contributed by atoms with Gasteiger partial charge in [0.1, 0.15) is 0 Å². The first kappa shape index (κ1) is 16.9. The lowest BCUT2D eigenvalue weighted by molar-refractivity contribution is -0.130. The summed E-state index contributed by atoms with van der Waals surface area (Å²) >= 11 is 0. The molecule has 3 amide bonds. The van der Waals surface area contributed by atoms with Gasteiger partial charge >= 0.3 is 12.0 Å². The van der Waals surface area contributed by atoms with Gasteiger partial charge in [-0.2, -0.15) is 0 Å². The molecule has 1 N–H and O–H groups in total. The third-order valence-corrected chi connectivity index (χ3v) is 4.25. The smallest absolute Gasteiger partial charge is 0.340 e. The fourth-order valence-corrected chi connectivity index (χ4v) is 2.95. The first-order valence-electron chi connectivity index (χ1n) is 8.16. The molecule has 2 heterocycles. The van der Waals surface area contributed by atoms with E-state index in [0.29, 0.717) is 24.2 Å². The zero-order valence-electron chi connectivity index (χ0n) is 14.2. The van der Waals surface area contributed by atoms with Crippen LogP contribution in [0.5, 0.6) is 0 Å². The predicted molar refractivity (Wildman–Crippen MR) is 91.3 cm³/mol. The normalized spacial score (nSPS) is 13.8. The molecule has 7 nitrogen and oxygen atoms in total. The Morgan fingerprint density at radius 3 is 2.76 bits per heavy atom. The van der Waals surface area contributed by atoms with E-state index in [1.54, 1.807) is 0 Å². The fraction of sp³-hybridized carbons (Fsp3) is 0.333. The maximum Gasteiger partial charge on any atom is 0.340 e. The molecule has 0 saturated carbocycles. The first-order valence-corrected chi connectivity index (χ1v) is 8.16. The van der Waals surface area contributed by atoms with Crippen molar-refractivity contribution in [2.45, 2.75) is 20.3 Å². The number of hydrogen-bond donors (Lipinski definition) is 1. The van der Waals surface area contributed by atoms with Crippen LogP contribution in [0.15, 0.2) is 24.3 Å². The number of benzene rings is 1. The highest BCUT2D eigenvalue weighted by molar-refractivity contribution is 6.00. The Labute approximate surface area is 145 Å². The number of nitrogens with one attached hydrogen (secondary N) is 1. The lowest BCUT2D eigenvalue weighted by Crippen LogP contribution is -2.37. The van der Waals surface area contributed by atoms with E-state index in [4.69, 9.17) is 4.74 Å². The summed E-state index contributed by atoms with van der Waals surface area (Å²) < 4.78 is 5.17. The average Bonchev–Trinajstić information content (AvgIpc) is 3.05. The summed E-state index contributed by atoms with van der Waals surface area (Å²) in [5, 5.41) is 3.41. The van der Waals surface area contributed by atoms with Crippen LogP contribution in [0.1, 0.15) is 28.5 Å². The zero-order valence-corrected chi connectivity index (χ0v) is 14.2. The Morgan fingerprint density at radius 1 is 1.32 bits per heavy atom. The number of imide groups is 1. The number of para-hydroxylation sites is 1. The largest absolute Gasteiger partial charge is 0.452 e. The highest BCUT2D eigenvalue weighted by atomic mass is 16.5. The van der Waals surface area contributed by atoms with Gasteiger partial charge in [-0.3, -0.25) is 14.7 Å². The van der Waals surface area contributed by atoms with E-state index in [0.717, 1.165) is 21.4 Å². The molecular formula is C18H19N3O4. The second-order valence-electron chi connectivity index (χ2n) is 5.78. The predicted octanol–water partition coefficient (Wildman–Crippen LogP) is 1.81. The Balaban J connectivity index is 1.83. The van der Waals surface area contributed by atoms with E-state index in [1.807, 2.05) is 38.1 Å². The maximum atomic E-state index is 12.6. The van der Waals surface area contributed by atoms with Gasteiger partial charge in [0.05, 0.1) is 16.8 Å². The highest BCUT2D eigenvalue weighted by Gasteiger charge is 2.27. The molecule has 130 valence electrons. The zero-order chi connectivity index (χ0) is 18.0. The van der Waals surface area contributed by atoms with Crippen LogP contribution < -0.4 is 5.32 Å². The number of ether oxygens (including phenoxy) is 1. The van der Waals surface area contributed by atoms with Crippen molar-refractivity contribution in [2.24, 2.45) is 0 Å².